The van der Waals surface area contributed by atoms with Crippen molar-refractivity contribution in [3.63, 3.8) is 0 Å². The summed E-state index contributed by atoms with van der Waals surface area (Å²) < 4.78 is 0. The Hall–Kier alpha value is -1.63. The van der Waals surface area contributed by atoms with E-state index in [0.29, 0.717) is 6.42 Å². The minimum Gasteiger partial charge on any atom is -0.357 e. The summed E-state index contributed by atoms with van der Waals surface area (Å²) in [6.45, 7) is 8.60. The number of piperidine rings is 1. The fourth-order valence-electron chi connectivity index (χ4n) is 3.74. The van der Waals surface area contributed by atoms with Crippen molar-refractivity contribution in [2.45, 2.75) is 46.0 Å². The maximum absolute atomic E-state index is 11.7. The molecule has 1 atom stereocenters. The first-order valence-electron chi connectivity index (χ1n) is 9.37. The molecule has 2 N–H and O–H groups in total. The topological polar surface area (TPSA) is 69.6 Å². The molecular formula is C18H29N5OS. The van der Waals surface area contributed by atoms with Crippen LogP contribution < -0.4 is 10.6 Å². The van der Waals surface area contributed by atoms with Crippen molar-refractivity contribution in [2.75, 3.05) is 32.7 Å². The number of carbonyl (C=O) groups is 1. The third-order valence-corrected chi connectivity index (χ3v) is 6.23. The third kappa shape index (κ3) is 4.51. The monoisotopic (exact) mass is 363 g/mol. The number of aromatic nitrogens is 1. The molecule has 25 heavy (non-hydrogen) atoms. The van der Waals surface area contributed by atoms with Gasteiger partial charge in [0.2, 0.25) is 5.91 Å². The molecule has 1 aromatic rings. The van der Waals surface area contributed by atoms with E-state index in [1.54, 1.807) is 11.3 Å². The SMILES string of the molecule is CCNC(=NCCc1ncc(CC)s1)N1CCCC2(CNC(=O)C2)C1. The molecule has 0 aromatic carbocycles. The Balaban J connectivity index is 1.62. The van der Waals surface area contributed by atoms with E-state index in [4.69, 9.17) is 4.99 Å². The quantitative estimate of drug-likeness (QED) is 0.618. The first-order chi connectivity index (χ1) is 12.1. The molecule has 2 fully saturated rings. The van der Waals surface area contributed by atoms with Gasteiger partial charge in [0.05, 0.1) is 5.01 Å². The van der Waals surface area contributed by atoms with Crippen molar-refractivity contribution in [1.29, 1.82) is 0 Å². The lowest BCUT2D eigenvalue weighted by atomic mass is 9.79. The molecule has 1 amide bonds. The van der Waals surface area contributed by atoms with Gasteiger partial charge in [0.15, 0.2) is 5.96 Å². The zero-order valence-electron chi connectivity index (χ0n) is 15.3. The predicted molar refractivity (Wildman–Crippen MR) is 102 cm³/mol. The third-order valence-electron chi connectivity index (χ3n) is 5.03. The smallest absolute Gasteiger partial charge is 0.220 e. The number of hydrogen-bond donors (Lipinski definition) is 2. The summed E-state index contributed by atoms with van der Waals surface area (Å²) in [6.07, 6.45) is 6.81. The highest BCUT2D eigenvalue weighted by atomic mass is 32.1. The van der Waals surface area contributed by atoms with Gasteiger partial charge in [-0.1, -0.05) is 6.92 Å². The van der Waals surface area contributed by atoms with Crippen molar-refractivity contribution in [3.8, 4) is 0 Å². The predicted octanol–water partition coefficient (Wildman–Crippen LogP) is 1.82. The van der Waals surface area contributed by atoms with Gasteiger partial charge in [-0.2, -0.15) is 0 Å². The summed E-state index contributed by atoms with van der Waals surface area (Å²) in [5, 5.41) is 7.60. The number of hydrogen-bond acceptors (Lipinski definition) is 4. The highest BCUT2D eigenvalue weighted by Gasteiger charge is 2.42. The molecule has 1 spiro atoms. The van der Waals surface area contributed by atoms with E-state index in [9.17, 15) is 4.79 Å². The van der Waals surface area contributed by atoms with Crippen LogP contribution in [0.25, 0.3) is 0 Å². The summed E-state index contributed by atoms with van der Waals surface area (Å²) in [7, 11) is 0. The van der Waals surface area contributed by atoms with E-state index in [1.165, 1.54) is 4.88 Å². The molecule has 1 unspecified atom stereocenters. The Morgan fingerprint density at radius 3 is 3.08 bits per heavy atom. The lowest BCUT2D eigenvalue weighted by Gasteiger charge is -2.40. The summed E-state index contributed by atoms with van der Waals surface area (Å²) >= 11 is 1.79. The minimum absolute atomic E-state index is 0.0941. The van der Waals surface area contributed by atoms with Gasteiger partial charge in [0.25, 0.3) is 0 Å². The van der Waals surface area contributed by atoms with E-state index < -0.39 is 0 Å². The molecule has 3 heterocycles. The molecule has 2 aliphatic heterocycles. The van der Waals surface area contributed by atoms with Crippen molar-refractivity contribution in [1.82, 2.24) is 20.5 Å². The Labute approximate surface area is 154 Å². The van der Waals surface area contributed by atoms with Crippen molar-refractivity contribution >= 4 is 23.2 Å². The van der Waals surface area contributed by atoms with Crippen LogP contribution >= 0.6 is 11.3 Å². The summed E-state index contributed by atoms with van der Waals surface area (Å²) in [4.78, 5) is 24.7. The Kier molecular flexibility index (Phi) is 5.93. The Morgan fingerprint density at radius 2 is 2.40 bits per heavy atom. The van der Waals surface area contributed by atoms with Crippen molar-refractivity contribution in [3.05, 3.63) is 16.1 Å². The van der Waals surface area contributed by atoms with Crippen LogP contribution in [-0.4, -0.2) is 54.5 Å². The number of guanidine groups is 1. The van der Waals surface area contributed by atoms with Crippen molar-refractivity contribution < 1.29 is 4.79 Å². The van der Waals surface area contributed by atoms with Gasteiger partial charge < -0.3 is 15.5 Å². The molecule has 0 bridgehead atoms. The lowest BCUT2D eigenvalue weighted by molar-refractivity contribution is -0.119. The highest BCUT2D eigenvalue weighted by molar-refractivity contribution is 7.11. The fraction of sp³-hybridized carbons (Fsp3) is 0.722. The first kappa shape index (κ1) is 18.2. The zero-order valence-corrected chi connectivity index (χ0v) is 16.1. The van der Waals surface area contributed by atoms with Gasteiger partial charge >= 0.3 is 0 Å². The molecule has 0 saturated carbocycles. The van der Waals surface area contributed by atoms with Crippen LogP contribution in [0.4, 0.5) is 0 Å². The molecule has 7 heteroatoms. The number of nitrogens with one attached hydrogen (secondary N) is 2. The molecule has 3 rings (SSSR count). The number of aliphatic imine (C=N–C) groups is 1. The van der Waals surface area contributed by atoms with Gasteiger partial charge in [-0.25, -0.2) is 4.98 Å². The summed E-state index contributed by atoms with van der Waals surface area (Å²) in [5.41, 5.74) is 0.0941. The normalized spacial score (nSPS) is 24.0. The Bertz CT molecular complexity index is 629. The fourth-order valence-corrected chi connectivity index (χ4v) is 4.59. The number of thiazole rings is 1. The lowest BCUT2D eigenvalue weighted by Crippen LogP contribution is -2.51. The molecular weight excluding hydrogens is 334 g/mol. The Morgan fingerprint density at radius 1 is 1.52 bits per heavy atom. The molecule has 138 valence electrons. The van der Waals surface area contributed by atoms with Crippen LogP contribution in [0.15, 0.2) is 11.2 Å². The average Bonchev–Trinajstić information content (AvgIpc) is 3.21. The van der Waals surface area contributed by atoms with E-state index in [-0.39, 0.29) is 11.3 Å². The van der Waals surface area contributed by atoms with Crippen LogP contribution in [0.3, 0.4) is 0 Å². The molecule has 1 aromatic heterocycles. The molecule has 2 saturated heterocycles. The second-order valence-electron chi connectivity index (χ2n) is 7.04. The van der Waals surface area contributed by atoms with Gasteiger partial charge in [0, 0.05) is 62.1 Å². The highest BCUT2D eigenvalue weighted by Crippen LogP contribution is 2.36. The second-order valence-corrected chi connectivity index (χ2v) is 8.24. The van der Waals surface area contributed by atoms with Gasteiger partial charge in [-0.15, -0.1) is 11.3 Å². The molecule has 2 aliphatic rings. The van der Waals surface area contributed by atoms with Crippen LogP contribution in [0, 0.1) is 5.41 Å². The number of amides is 1. The van der Waals surface area contributed by atoms with E-state index in [1.807, 2.05) is 6.20 Å². The van der Waals surface area contributed by atoms with E-state index in [0.717, 1.165) is 69.4 Å². The van der Waals surface area contributed by atoms with Crippen LogP contribution in [-0.2, 0) is 17.6 Å². The zero-order chi connectivity index (χ0) is 17.7. The number of rotatable bonds is 5. The second kappa shape index (κ2) is 8.17. The largest absolute Gasteiger partial charge is 0.357 e. The number of carbonyl (C=O) groups excluding carboxylic acids is 1. The van der Waals surface area contributed by atoms with Gasteiger partial charge in [-0.05, 0) is 26.2 Å². The molecule has 0 aliphatic carbocycles. The standard InChI is InChI=1S/C18H29N5OS/c1-3-14-11-21-16(25-14)6-8-20-17(19-4-2)23-9-5-7-18(13-23)10-15(24)22-12-18/h11H,3-10,12-13H2,1-2H3,(H,19,20)(H,22,24). The summed E-state index contributed by atoms with van der Waals surface area (Å²) in [5.74, 6) is 1.17. The number of aryl methyl sites for hydroxylation is 1. The first-order valence-corrected chi connectivity index (χ1v) is 10.2. The van der Waals surface area contributed by atoms with Crippen LogP contribution in [0.5, 0.6) is 0 Å². The van der Waals surface area contributed by atoms with Crippen molar-refractivity contribution in [2.24, 2.45) is 10.4 Å². The maximum atomic E-state index is 11.7. The van der Waals surface area contributed by atoms with Gasteiger partial charge in [0.1, 0.15) is 0 Å². The minimum atomic E-state index is 0.0941. The van der Waals surface area contributed by atoms with Crippen LogP contribution in [0.2, 0.25) is 0 Å². The maximum Gasteiger partial charge on any atom is 0.220 e. The van der Waals surface area contributed by atoms with Crippen LogP contribution in [0.1, 0.15) is 43.0 Å². The molecule has 0 radical (unpaired) electrons. The van der Waals surface area contributed by atoms with Gasteiger partial charge in [-0.3, -0.25) is 9.79 Å². The number of likely N-dealkylation sites (tertiary alicyclic amines) is 1. The van der Waals surface area contributed by atoms with E-state index >= 15 is 0 Å². The number of nitrogens with zero attached hydrogens (tertiary/aromatic N) is 3. The average molecular weight is 364 g/mol. The van der Waals surface area contributed by atoms with E-state index in [2.05, 4.69) is 34.4 Å². The summed E-state index contributed by atoms with van der Waals surface area (Å²) in [6, 6.07) is 0. The molecule has 6 nitrogen and oxygen atoms in total.